The maximum atomic E-state index is 12.3. The molecule has 3 aromatic rings. The number of aliphatic hydroxyl groups excluding tert-OH is 1. The van der Waals surface area contributed by atoms with Crippen LogP contribution in [0.25, 0.3) is 5.69 Å². The molecule has 28 heavy (non-hydrogen) atoms. The van der Waals surface area contributed by atoms with Crippen LogP contribution in [-0.2, 0) is 0 Å². The molecule has 1 unspecified atom stereocenters. The highest BCUT2D eigenvalue weighted by atomic mass is 16.6. The number of carbonyl (C=O) groups is 1. The van der Waals surface area contributed by atoms with Crippen LogP contribution in [0.2, 0.25) is 0 Å². The van der Waals surface area contributed by atoms with Crippen molar-refractivity contribution in [2.75, 3.05) is 13.7 Å². The van der Waals surface area contributed by atoms with E-state index in [4.69, 9.17) is 4.74 Å². The summed E-state index contributed by atoms with van der Waals surface area (Å²) in [6.07, 6.45) is 2.03. The Morgan fingerprint density at radius 2 is 1.93 bits per heavy atom. The molecular formula is C19H18N4O5. The fourth-order valence-electron chi connectivity index (χ4n) is 2.54. The molecule has 0 saturated carbocycles. The first-order valence-electron chi connectivity index (χ1n) is 8.37. The van der Waals surface area contributed by atoms with Gasteiger partial charge < -0.3 is 15.2 Å². The van der Waals surface area contributed by atoms with Gasteiger partial charge in [-0.25, -0.2) is 4.68 Å². The first kappa shape index (κ1) is 19.1. The van der Waals surface area contributed by atoms with Gasteiger partial charge in [-0.05, 0) is 29.8 Å². The van der Waals surface area contributed by atoms with Crippen molar-refractivity contribution in [3.05, 3.63) is 82.2 Å². The summed E-state index contributed by atoms with van der Waals surface area (Å²) in [6.45, 7) is 0.0356. The molecule has 3 rings (SSSR count). The maximum Gasteiger partial charge on any atom is 0.269 e. The number of hydrogen-bond donors (Lipinski definition) is 2. The van der Waals surface area contributed by atoms with E-state index >= 15 is 0 Å². The number of nitrogens with one attached hydrogen (secondary N) is 1. The summed E-state index contributed by atoms with van der Waals surface area (Å²) in [4.78, 5) is 22.5. The Balaban J connectivity index is 1.61. The number of aliphatic hydroxyl groups is 1. The van der Waals surface area contributed by atoms with E-state index in [1.54, 1.807) is 43.5 Å². The van der Waals surface area contributed by atoms with Gasteiger partial charge in [0.05, 0.1) is 35.6 Å². The largest absolute Gasteiger partial charge is 0.497 e. The van der Waals surface area contributed by atoms with Gasteiger partial charge in [-0.1, -0.05) is 12.1 Å². The molecular weight excluding hydrogens is 364 g/mol. The van der Waals surface area contributed by atoms with Crippen LogP contribution in [0.3, 0.4) is 0 Å². The van der Waals surface area contributed by atoms with Crippen LogP contribution in [-0.4, -0.2) is 39.4 Å². The zero-order chi connectivity index (χ0) is 20.1. The van der Waals surface area contributed by atoms with Crippen molar-refractivity contribution >= 4 is 11.6 Å². The molecule has 1 aromatic heterocycles. The van der Waals surface area contributed by atoms with Gasteiger partial charge in [-0.3, -0.25) is 14.9 Å². The second-order valence-electron chi connectivity index (χ2n) is 5.95. The first-order valence-corrected chi connectivity index (χ1v) is 8.37. The highest BCUT2D eigenvalue weighted by Crippen LogP contribution is 2.18. The number of amides is 1. The molecule has 0 aliphatic heterocycles. The molecule has 2 aromatic carbocycles. The molecule has 0 saturated heterocycles. The lowest BCUT2D eigenvalue weighted by atomic mass is 10.1. The lowest BCUT2D eigenvalue weighted by Gasteiger charge is -2.12. The molecule has 144 valence electrons. The number of benzene rings is 2. The lowest BCUT2D eigenvalue weighted by Crippen LogP contribution is -2.28. The van der Waals surface area contributed by atoms with E-state index in [9.17, 15) is 20.0 Å². The summed E-state index contributed by atoms with van der Waals surface area (Å²) >= 11 is 0. The van der Waals surface area contributed by atoms with E-state index in [0.29, 0.717) is 22.6 Å². The third kappa shape index (κ3) is 4.33. The van der Waals surface area contributed by atoms with Gasteiger partial charge in [-0.2, -0.15) is 5.10 Å². The number of rotatable bonds is 7. The predicted molar refractivity (Wildman–Crippen MR) is 101 cm³/mol. The SMILES string of the molecule is COc1ccc(C(O)CNC(=O)c2cnn(-c3ccc([N+](=O)[O-])cc3)c2)cc1. The maximum absolute atomic E-state index is 12.3. The van der Waals surface area contributed by atoms with E-state index in [2.05, 4.69) is 10.4 Å². The minimum Gasteiger partial charge on any atom is -0.497 e. The topological polar surface area (TPSA) is 120 Å². The minimum absolute atomic E-state index is 0.0265. The zero-order valence-corrected chi connectivity index (χ0v) is 15.0. The molecule has 0 aliphatic carbocycles. The number of non-ortho nitro benzene ring substituents is 1. The van der Waals surface area contributed by atoms with E-state index in [1.807, 2.05) is 0 Å². The molecule has 0 bridgehead atoms. The Kier molecular flexibility index (Phi) is 5.66. The smallest absolute Gasteiger partial charge is 0.269 e. The molecule has 9 nitrogen and oxygen atoms in total. The molecule has 2 N–H and O–H groups in total. The predicted octanol–water partition coefficient (Wildman–Crippen LogP) is 2.25. The summed E-state index contributed by atoms with van der Waals surface area (Å²) in [5.41, 5.74) is 1.52. The molecule has 0 radical (unpaired) electrons. The number of nitrogens with zero attached hydrogens (tertiary/aromatic N) is 3. The Morgan fingerprint density at radius 1 is 1.25 bits per heavy atom. The number of nitro groups is 1. The fourth-order valence-corrected chi connectivity index (χ4v) is 2.54. The minimum atomic E-state index is -0.862. The summed E-state index contributed by atoms with van der Waals surface area (Å²) < 4.78 is 6.51. The van der Waals surface area contributed by atoms with Crippen LogP contribution in [0.4, 0.5) is 5.69 Å². The first-order chi connectivity index (χ1) is 13.5. The number of ether oxygens (including phenoxy) is 1. The van der Waals surface area contributed by atoms with Gasteiger partial charge in [0.2, 0.25) is 0 Å². The summed E-state index contributed by atoms with van der Waals surface area (Å²) in [7, 11) is 1.56. The van der Waals surface area contributed by atoms with Crippen LogP contribution < -0.4 is 10.1 Å². The second-order valence-corrected chi connectivity index (χ2v) is 5.95. The lowest BCUT2D eigenvalue weighted by molar-refractivity contribution is -0.384. The van der Waals surface area contributed by atoms with E-state index < -0.39 is 11.0 Å². The number of carbonyl (C=O) groups excluding carboxylic acids is 1. The van der Waals surface area contributed by atoms with Crippen molar-refractivity contribution < 1.29 is 19.6 Å². The van der Waals surface area contributed by atoms with Gasteiger partial charge in [-0.15, -0.1) is 0 Å². The van der Waals surface area contributed by atoms with Crippen molar-refractivity contribution in [1.29, 1.82) is 0 Å². The van der Waals surface area contributed by atoms with Crippen LogP contribution in [0.5, 0.6) is 5.75 Å². The average molecular weight is 382 g/mol. The monoisotopic (exact) mass is 382 g/mol. The van der Waals surface area contributed by atoms with Crippen LogP contribution >= 0.6 is 0 Å². The Morgan fingerprint density at radius 3 is 2.54 bits per heavy atom. The number of hydrogen-bond acceptors (Lipinski definition) is 6. The molecule has 0 spiro atoms. The zero-order valence-electron chi connectivity index (χ0n) is 15.0. The molecule has 0 fully saturated rings. The Bertz CT molecular complexity index is 967. The van der Waals surface area contributed by atoms with E-state index in [0.717, 1.165) is 0 Å². The van der Waals surface area contributed by atoms with Crippen molar-refractivity contribution in [3.63, 3.8) is 0 Å². The third-order valence-corrected chi connectivity index (χ3v) is 4.13. The van der Waals surface area contributed by atoms with E-state index in [-0.39, 0.29) is 18.1 Å². The summed E-state index contributed by atoms with van der Waals surface area (Å²) in [6, 6.07) is 12.7. The summed E-state index contributed by atoms with van der Waals surface area (Å²) in [5, 5.41) is 27.7. The normalized spacial score (nSPS) is 11.6. The van der Waals surface area contributed by atoms with Gasteiger partial charge in [0, 0.05) is 24.9 Å². The number of aromatic nitrogens is 2. The van der Waals surface area contributed by atoms with E-state index in [1.165, 1.54) is 29.2 Å². The van der Waals surface area contributed by atoms with Crippen molar-refractivity contribution in [1.82, 2.24) is 15.1 Å². The fraction of sp³-hybridized carbons (Fsp3) is 0.158. The average Bonchev–Trinajstić information content (AvgIpc) is 3.22. The summed E-state index contributed by atoms with van der Waals surface area (Å²) in [5.74, 6) is 0.291. The van der Waals surface area contributed by atoms with Crippen LogP contribution in [0.15, 0.2) is 60.9 Å². The van der Waals surface area contributed by atoms with Crippen molar-refractivity contribution in [2.24, 2.45) is 0 Å². The Labute approximate surface area is 160 Å². The van der Waals surface area contributed by atoms with Gasteiger partial charge in [0.1, 0.15) is 5.75 Å². The van der Waals surface area contributed by atoms with Gasteiger partial charge in [0.15, 0.2) is 0 Å². The number of nitro benzene ring substituents is 1. The number of methoxy groups -OCH3 is 1. The van der Waals surface area contributed by atoms with Gasteiger partial charge in [0.25, 0.3) is 11.6 Å². The molecule has 1 heterocycles. The highest BCUT2D eigenvalue weighted by Gasteiger charge is 2.13. The standard InChI is InChI=1S/C19H18N4O5/c1-28-17-8-2-13(3-9-17)18(24)11-20-19(25)14-10-21-22(12-14)15-4-6-16(7-5-15)23(26)27/h2-10,12,18,24H,11H2,1H3,(H,20,25). The van der Waals surface area contributed by atoms with Crippen molar-refractivity contribution in [2.45, 2.75) is 6.10 Å². The molecule has 1 atom stereocenters. The van der Waals surface area contributed by atoms with Crippen LogP contribution in [0, 0.1) is 10.1 Å². The van der Waals surface area contributed by atoms with Crippen molar-refractivity contribution in [3.8, 4) is 11.4 Å². The highest BCUT2D eigenvalue weighted by molar-refractivity contribution is 5.93. The second kappa shape index (κ2) is 8.31. The quantitative estimate of drug-likeness (QED) is 0.478. The van der Waals surface area contributed by atoms with Crippen LogP contribution in [0.1, 0.15) is 22.0 Å². The molecule has 9 heteroatoms. The van der Waals surface area contributed by atoms with Gasteiger partial charge >= 0.3 is 0 Å². The Hall–Kier alpha value is -3.72. The molecule has 1 amide bonds. The third-order valence-electron chi connectivity index (χ3n) is 4.13. The molecule has 0 aliphatic rings.